The largest absolute Gasteiger partial charge is 0.264 e. The van der Waals surface area contributed by atoms with Crippen molar-refractivity contribution >= 4 is 21.6 Å². The molecule has 0 fully saturated rings. The minimum atomic E-state index is -3.64. The van der Waals surface area contributed by atoms with Gasteiger partial charge < -0.3 is 0 Å². The van der Waals surface area contributed by atoms with Crippen LogP contribution in [0.5, 0.6) is 0 Å². The highest BCUT2D eigenvalue weighted by molar-refractivity contribution is 7.89. The summed E-state index contributed by atoms with van der Waals surface area (Å²) in [7, 11) is -3.64. The second-order valence-electron chi connectivity index (χ2n) is 6.08. The van der Waals surface area contributed by atoms with E-state index in [4.69, 9.17) is 11.6 Å². The summed E-state index contributed by atoms with van der Waals surface area (Å²) in [5.74, 6) is 0. The monoisotopic (exact) mass is 386 g/mol. The van der Waals surface area contributed by atoms with Crippen LogP contribution >= 0.6 is 11.6 Å². The lowest BCUT2D eigenvalue weighted by atomic mass is 10.0. The van der Waals surface area contributed by atoms with E-state index in [1.807, 2.05) is 43.5 Å². The summed E-state index contributed by atoms with van der Waals surface area (Å²) in [5.41, 5.74) is 4.60. The Bertz CT molecular complexity index is 1050. The fourth-order valence-electron chi connectivity index (χ4n) is 2.78. The van der Waals surface area contributed by atoms with Gasteiger partial charge in [-0.2, -0.15) is 0 Å². The van der Waals surface area contributed by atoms with Crippen LogP contribution in [-0.2, 0) is 16.6 Å². The van der Waals surface area contributed by atoms with Crippen molar-refractivity contribution in [3.8, 4) is 11.1 Å². The highest BCUT2D eigenvalue weighted by atomic mass is 35.5. The van der Waals surface area contributed by atoms with Crippen molar-refractivity contribution in [1.82, 2.24) is 9.71 Å². The summed E-state index contributed by atoms with van der Waals surface area (Å²) in [5, 5.41) is 0.433. The number of rotatable bonds is 5. The number of halogens is 1. The Hall–Kier alpha value is -2.21. The first kappa shape index (κ1) is 18.6. The van der Waals surface area contributed by atoms with E-state index in [0.29, 0.717) is 10.6 Å². The molecule has 0 aliphatic heterocycles. The third kappa shape index (κ3) is 3.96. The Morgan fingerprint density at radius 3 is 2.62 bits per heavy atom. The normalized spacial score (nSPS) is 11.5. The highest BCUT2D eigenvalue weighted by Crippen LogP contribution is 2.25. The molecular weight excluding hydrogens is 368 g/mol. The standard InChI is InChI=1S/C20H19ClN2O2S/c1-14-12-22-10-9-18(14)17-6-3-5-16(11-17)13-23-26(24,25)20-8-4-7-19(21)15(20)2/h3-12,23H,13H2,1-2H3. The van der Waals surface area contributed by atoms with Crippen LogP contribution in [0.1, 0.15) is 16.7 Å². The molecule has 2 aromatic carbocycles. The van der Waals surface area contributed by atoms with Crippen molar-refractivity contribution < 1.29 is 8.42 Å². The number of aromatic nitrogens is 1. The minimum Gasteiger partial charge on any atom is -0.264 e. The molecule has 1 aromatic heterocycles. The molecule has 0 aliphatic carbocycles. The molecule has 0 aliphatic rings. The fraction of sp³-hybridized carbons (Fsp3) is 0.150. The quantitative estimate of drug-likeness (QED) is 0.702. The fourth-order valence-corrected chi connectivity index (χ4v) is 4.29. The van der Waals surface area contributed by atoms with Crippen LogP contribution < -0.4 is 4.72 Å². The van der Waals surface area contributed by atoms with Crippen molar-refractivity contribution in [2.24, 2.45) is 0 Å². The second kappa shape index (κ2) is 7.58. The number of aryl methyl sites for hydroxylation is 1. The van der Waals surface area contributed by atoms with E-state index >= 15 is 0 Å². The molecule has 0 amide bonds. The van der Waals surface area contributed by atoms with Crippen LogP contribution in [0.3, 0.4) is 0 Å². The maximum atomic E-state index is 12.6. The van der Waals surface area contributed by atoms with Gasteiger partial charge in [0.25, 0.3) is 0 Å². The zero-order chi connectivity index (χ0) is 18.7. The van der Waals surface area contributed by atoms with E-state index < -0.39 is 10.0 Å². The number of nitrogens with zero attached hydrogens (tertiary/aromatic N) is 1. The number of benzene rings is 2. The van der Waals surface area contributed by atoms with Gasteiger partial charge in [-0.1, -0.05) is 35.9 Å². The zero-order valence-corrected chi connectivity index (χ0v) is 16.1. The summed E-state index contributed by atoms with van der Waals surface area (Å²) < 4.78 is 27.9. The molecule has 3 rings (SSSR count). The predicted molar refractivity (Wildman–Crippen MR) is 105 cm³/mol. The molecular formula is C20H19ClN2O2S. The van der Waals surface area contributed by atoms with Crippen molar-refractivity contribution in [1.29, 1.82) is 0 Å². The van der Waals surface area contributed by atoms with E-state index in [2.05, 4.69) is 9.71 Å². The third-order valence-electron chi connectivity index (χ3n) is 4.23. The zero-order valence-electron chi connectivity index (χ0n) is 14.5. The molecule has 0 spiro atoms. The van der Waals surface area contributed by atoms with Crippen LogP contribution in [0.2, 0.25) is 5.02 Å². The van der Waals surface area contributed by atoms with Gasteiger partial charge in [0.1, 0.15) is 0 Å². The molecule has 0 unspecified atom stereocenters. The first-order valence-electron chi connectivity index (χ1n) is 8.13. The van der Waals surface area contributed by atoms with Gasteiger partial charge in [0.15, 0.2) is 0 Å². The Morgan fingerprint density at radius 2 is 1.85 bits per heavy atom. The molecule has 1 N–H and O–H groups in total. The van der Waals surface area contributed by atoms with Crippen LogP contribution in [0.25, 0.3) is 11.1 Å². The number of hydrogen-bond donors (Lipinski definition) is 1. The molecule has 0 saturated carbocycles. The van der Waals surface area contributed by atoms with Gasteiger partial charge in [0.2, 0.25) is 10.0 Å². The Balaban J connectivity index is 1.83. The maximum absolute atomic E-state index is 12.6. The average Bonchev–Trinajstić information content (AvgIpc) is 2.63. The molecule has 26 heavy (non-hydrogen) atoms. The van der Waals surface area contributed by atoms with Crippen LogP contribution in [0, 0.1) is 13.8 Å². The molecule has 0 atom stereocenters. The number of sulfonamides is 1. The van der Waals surface area contributed by atoms with Gasteiger partial charge in [-0.05, 0) is 65.9 Å². The van der Waals surface area contributed by atoms with E-state index in [9.17, 15) is 8.42 Å². The smallest absolute Gasteiger partial charge is 0.241 e. The van der Waals surface area contributed by atoms with Gasteiger partial charge in [0.05, 0.1) is 4.90 Å². The van der Waals surface area contributed by atoms with Gasteiger partial charge in [-0.15, -0.1) is 0 Å². The van der Waals surface area contributed by atoms with Crippen molar-refractivity contribution in [2.75, 3.05) is 0 Å². The SMILES string of the molecule is Cc1cnccc1-c1cccc(CNS(=O)(=O)c2cccc(Cl)c2C)c1. The topological polar surface area (TPSA) is 59.1 Å². The summed E-state index contributed by atoms with van der Waals surface area (Å²) in [4.78, 5) is 4.31. The number of pyridine rings is 1. The number of nitrogens with one attached hydrogen (secondary N) is 1. The average molecular weight is 387 g/mol. The summed E-state index contributed by atoms with van der Waals surface area (Å²) in [6, 6.07) is 14.6. The number of hydrogen-bond acceptors (Lipinski definition) is 3. The maximum Gasteiger partial charge on any atom is 0.241 e. The molecule has 4 nitrogen and oxygen atoms in total. The van der Waals surface area contributed by atoms with Crippen LogP contribution in [0.15, 0.2) is 65.8 Å². The predicted octanol–water partition coefficient (Wildman–Crippen LogP) is 4.50. The lowest BCUT2D eigenvalue weighted by Gasteiger charge is -2.11. The van der Waals surface area contributed by atoms with Crippen molar-refractivity contribution in [2.45, 2.75) is 25.3 Å². The van der Waals surface area contributed by atoms with E-state index in [1.54, 1.807) is 31.3 Å². The first-order valence-corrected chi connectivity index (χ1v) is 9.99. The first-order chi connectivity index (χ1) is 12.4. The van der Waals surface area contributed by atoms with E-state index in [0.717, 1.165) is 22.3 Å². The third-order valence-corrected chi connectivity index (χ3v) is 6.19. The molecule has 6 heteroatoms. The van der Waals surface area contributed by atoms with Gasteiger partial charge in [-0.25, -0.2) is 13.1 Å². The molecule has 0 bridgehead atoms. The lowest BCUT2D eigenvalue weighted by molar-refractivity contribution is 0.580. The lowest BCUT2D eigenvalue weighted by Crippen LogP contribution is -2.24. The Kier molecular flexibility index (Phi) is 5.41. The van der Waals surface area contributed by atoms with E-state index in [-0.39, 0.29) is 11.4 Å². The van der Waals surface area contributed by atoms with Crippen LogP contribution in [0.4, 0.5) is 0 Å². The van der Waals surface area contributed by atoms with Crippen molar-refractivity contribution in [3.05, 3.63) is 82.6 Å². The Labute approximate surface area is 158 Å². The van der Waals surface area contributed by atoms with Gasteiger partial charge in [0, 0.05) is 24.0 Å². The van der Waals surface area contributed by atoms with Gasteiger partial charge in [-0.3, -0.25) is 4.98 Å². The van der Waals surface area contributed by atoms with Crippen LogP contribution in [-0.4, -0.2) is 13.4 Å². The summed E-state index contributed by atoms with van der Waals surface area (Å²) in [6.45, 7) is 3.90. The second-order valence-corrected chi connectivity index (χ2v) is 8.22. The summed E-state index contributed by atoms with van der Waals surface area (Å²) >= 11 is 6.04. The minimum absolute atomic E-state index is 0.200. The van der Waals surface area contributed by atoms with E-state index in [1.165, 1.54) is 0 Å². The molecule has 0 radical (unpaired) electrons. The highest BCUT2D eigenvalue weighted by Gasteiger charge is 2.17. The molecule has 134 valence electrons. The van der Waals surface area contributed by atoms with Crippen molar-refractivity contribution in [3.63, 3.8) is 0 Å². The molecule has 1 heterocycles. The molecule has 3 aromatic rings. The summed E-state index contributed by atoms with van der Waals surface area (Å²) in [6.07, 6.45) is 3.56. The van der Waals surface area contributed by atoms with Gasteiger partial charge >= 0.3 is 0 Å². The molecule has 0 saturated heterocycles. The Morgan fingerprint density at radius 1 is 1.08 bits per heavy atom.